The number of methoxy groups -OCH3 is 1. The molecule has 0 aliphatic carbocycles. The number of benzene rings is 1. The Kier molecular flexibility index (Phi) is 15.1. The Hall–Kier alpha value is -3.57. The molecule has 0 spiro atoms. The molecule has 2 amide bonds. The molecular weight excluding hydrogens is 626 g/mol. The number of carboxylic acid groups (broad SMARTS) is 2. The number of nitrogens with one attached hydrogen (secondary N) is 2. The van der Waals surface area contributed by atoms with Crippen molar-refractivity contribution in [1.29, 1.82) is 0 Å². The van der Waals surface area contributed by atoms with Crippen molar-refractivity contribution < 1.29 is 38.9 Å². The molecular formula is C26H32ClN5O9S2. The molecule has 0 bridgehead atoms. The number of nitrogens with two attached hydrogens (primary N) is 1. The Morgan fingerprint density at radius 1 is 1.21 bits per heavy atom. The van der Waals surface area contributed by atoms with Crippen molar-refractivity contribution in [2.24, 2.45) is 10.3 Å². The fourth-order valence-electron chi connectivity index (χ4n) is 4.02. The van der Waals surface area contributed by atoms with Gasteiger partial charge in [0.2, 0.25) is 11.8 Å². The van der Waals surface area contributed by atoms with Gasteiger partial charge in [0.1, 0.15) is 24.7 Å². The van der Waals surface area contributed by atoms with Crippen LogP contribution >= 0.6 is 34.9 Å². The molecule has 1 aliphatic rings. The van der Waals surface area contributed by atoms with Crippen molar-refractivity contribution in [3.63, 3.8) is 0 Å². The lowest BCUT2D eigenvalue weighted by Gasteiger charge is -2.33. The van der Waals surface area contributed by atoms with E-state index in [1.165, 1.54) is 17.6 Å². The molecule has 0 fully saturated rings. The molecule has 234 valence electrons. The monoisotopic (exact) mass is 657 g/mol. The summed E-state index contributed by atoms with van der Waals surface area (Å²) in [6.45, 7) is 0.941. The van der Waals surface area contributed by atoms with Crippen molar-refractivity contribution in [3.05, 3.63) is 61.6 Å². The van der Waals surface area contributed by atoms with E-state index in [0.717, 1.165) is 25.1 Å². The van der Waals surface area contributed by atoms with E-state index in [1.54, 1.807) is 11.3 Å². The van der Waals surface area contributed by atoms with Crippen LogP contribution in [-0.2, 0) is 41.7 Å². The SMILES string of the molecule is COC(=O)[C@H](c1ccccc1Cl)N1CCc2sccc2C1.N[C@@H](CCC(=O)N[C@@H](CSN=O)C(=O)NCC(=O)O)C(=O)O. The van der Waals surface area contributed by atoms with Gasteiger partial charge >= 0.3 is 17.9 Å². The average Bonchev–Trinajstić information content (AvgIpc) is 3.46. The van der Waals surface area contributed by atoms with Gasteiger partial charge in [0.05, 0.1) is 7.11 Å². The Morgan fingerprint density at radius 2 is 1.93 bits per heavy atom. The van der Waals surface area contributed by atoms with Crippen LogP contribution in [0.4, 0.5) is 0 Å². The van der Waals surface area contributed by atoms with Crippen LogP contribution in [0.2, 0.25) is 5.02 Å². The van der Waals surface area contributed by atoms with Gasteiger partial charge in [-0.3, -0.25) is 24.1 Å². The summed E-state index contributed by atoms with van der Waals surface area (Å²) in [4.78, 5) is 70.1. The summed E-state index contributed by atoms with van der Waals surface area (Å²) in [5.74, 6) is -4.43. The number of rotatable bonds is 14. The van der Waals surface area contributed by atoms with Crippen LogP contribution in [0.25, 0.3) is 0 Å². The molecule has 17 heteroatoms. The van der Waals surface area contributed by atoms with E-state index in [0.29, 0.717) is 17.0 Å². The minimum absolute atomic E-state index is 0.135. The first-order valence-electron chi connectivity index (χ1n) is 12.8. The number of amides is 2. The Morgan fingerprint density at radius 3 is 2.56 bits per heavy atom. The van der Waals surface area contributed by atoms with Crippen LogP contribution in [0.3, 0.4) is 0 Å². The molecule has 1 aliphatic heterocycles. The molecule has 3 atom stereocenters. The largest absolute Gasteiger partial charge is 0.480 e. The number of hydrogen-bond acceptors (Lipinski definition) is 12. The maximum absolute atomic E-state index is 12.3. The van der Waals surface area contributed by atoms with Gasteiger partial charge < -0.3 is 31.3 Å². The summed E-state index contributed by atoms with van der Waals surface area (Å²) in [6.07, 6.45) is 0.587. The highest BCUT2D eigenvalue weighted by molar-refractivity contribution is 7.97. The van der Waals surface area contributed by atoms with E-state index in [4.69, 9.17) is 32.3 Å². The van der Waals surface area contributed by atoms with Gasteiger partial charge in [0.25, 0.3) is 0 Å². The maximum atomic E-state index is 12.3. The molecule has 3 rings (SSSR count). The second-order valence-electron chi connectivity index (χ2n) is 9.12. The van der Waals surface area contributed by atoms with Crippen molar-refractivity contribution in [2.75, 3.05) is 26.0 Å². The fraction of sp³-hybridized carbons (Fsp3) is 0.423. The predicted octanol–water partition coefficient (Wildman–Crippen LogP) is 1.95. The maximum Gasteiger partial charge on any atom is 0.327 e. The molecule has 0 radical (unpaired) electrons. The normalized spacial score (nSPS) is 14.5. The highest BCUT2D eigenvalue weighted by atomic mass is 35.5. The summed E-state index contributed by atoms with van der Waals surface area (Å²) in [5.41, 5.74) is 7.34. The van der Waals surface area contributed by atoms with Crippen molar-refractivity contribution >= 4 is 64.6 Å². The zero-order valence-electron chi connectivity index (χ0n) is 23.1. The molecule has 0 unspecified atom stereocenters. The lowest BCUT2D eigenvalue weighted by Crippen LogP contribution is -2.49. The first kappa shape index (κ1) is 35.6. The smallest absolute Gasteiger partial charge is 0.327 e. The number of thiophene rings is 1. The van der Waals surface area contributed by atoms with Gasteiger partial charge in [-0.2, -0.15) is 0 Å². The quantitative estimate of drug-likeness (QED) is 0.112. The molecule has 0 saturated heterocycles. The number of esters is 1. The van der Waals surface area contributed by atoms with Crippen LogP contribution in [0.1, 0.15) is 34.9 Å². The molecule has 1 aromatic heterocycles. The zero-order chi connectivity index (χ0) is 31.9. The number of carbonyl (C=O) groups is 5. The van der Waals surface area contributed by atoms with Crippen LogP contribution in [0, 0.1) is 4.91 Å². The molecule has 0 saturated carbocycles. The van der Waals surface area contributed by atoms with Crippen LogP contribution in [-0.4, -0.2) is 82.9 Å². The number of ether oxygens (including phenoxy) is 1. The van der Waals surface area contributed by atoms with E-state index < -0.39 is 48.4 Å². The topological polar surface area (TPSA) is 218 Å². The molecule has 14 nitrogen and oxygen atoms in total. The van der Waals surface area contributed by atoms with Crippen LogP contribution in [0.5, 0.6) is 0 Å². The van der Waals surface area contributed by atoms with Gasteiger partial charge in [-0.15, -0.1) is 16.2 Å². The summed E-state index contributed by atoms with van der Waals surface area (Å²) >= 11 is 8.55. The minimum Gasteiger partial charge on any atom is -0.480 e. The summed E-state index contributed by atoms with van der Waals surface area (Å²) in [5, 5.41) is 24.0. The van der Waals surface area contributed by atoms with Crippen LogP contribution < -0.4 is 16.4 Å². The number of hydrogen-bond donors (Lipinski definition) is 5. The van der Waals surface area contributed by atoms with E-state index in [-0.39, 0.29) is 24.6 Å². The average molecular weight is 658 g/mol. The fourth-order valence-corrected chi connectivity index (χ4v) is 5.60. The third kappa shape index (κ3) is 11.6. The first-order chi connectivity index (χ1) is 20.5. The van der Waals surface area contributed by atoms with Crippen molar-refractivity contribution in [1.82, 2.24) is 15.5 Å². The number of fused-ring (bicyclic) bond motifs is 1. The summed E-state index contributed by atoms with van der Waals surface area (Å²) in [7, 11) is 1.42. The highest BCUT2D eigenvalue weighted by Gasteiger charge is 2.32. The van der Waals surface area contributed by atoms with E-state index in [2.05, 4.69) is 31.6 Å². The van der Waals surface area contributed by atoms with Crippen molar-refractivity contribution in [2.45, 2.75) is 43.9 Å². The third-order valence-corrected chi connectivity index (χ3v) is 8.14. The molecule has 43 heavy (non-hydrogen) atoms. The van der Waals surface area contributed by atoms with Gasteiger partial charge in [-0.1, -0.05) is 29.8 Å². The lowest BCUT2D eigenvalue weighted by molar-refractivity contribution is -0.148. The predicted molar refractivity (Wildman–Crippen MR) is 160 cm³/mol. The van der Waals surface area contributed by atoms with Gasteiger partial charge in [0.15, 0.2) is 0 Å². The Labute approximate surface area is 260 Å². The molecule has 2 heterocycles. The Balaban J connectivity index is 0.000000300. The van der Waals surface area contributed by atoms with Crippen LogP contribution in [0.15, 0.2) is 40.3 Å². The highest BCUT2D eigenvalue weighted by Crippen LogP contribution is 2.33. The summed E-state index contributed by atoms with van der Waals surface area (Å²) in [6, 6.07) is 6.78. The minimum atomic E-state index is -1.27. The molecule has 6 N–H and O–H groups in total. The molecule has 2 aromatic rings. The first-order valence-corrected chi connectivity index (χ1v) is 15.0. The Bertz CT molecular complexity index is 1300. The lowest BCUT2D eigenvalue weighted by atomic mass is 10.0. The number of carboxylic acids is 2. The van der Waals surface area contributed by atoms with E-state index >= 15 is 0 Å². The second kappa shape index (κ2) is 18.2. The second-order valence-corrected chi connectivity index (χ2v) is 11.3. The summed E-state index contributed by atoms with van der Waals surface area (Å²) < 4.78 is 7.49. The number of carbonyl (C=O) groups excluding carboxylic acids is 3. The van der Waals surface area contributed by atoms with Gasteiger partial charge in [-0.25, -0.2) is 4.79 Å². The number of halogens is 1. The third-order valence-electron chi connectivity index (χ3n) is 6.19. The molecule has 1 aromatic carbocycles. The zero-order valence-corrected chi connectivity index (χ0v) is 25.5. The number of aliphatic carboxylic acids is 2. The van der Waals surface area contributed by atoms with Gasteiger partial charge in [0, 0.05) is 51.7 Å². The number of nitrogens with zero attached hydrogens (tertiary/aromatic N) is 2. The van der Waals surface area contributed by atoms with Gasteiger partial charge in [-0.05, 0) is 41.5 Å². The van der Waals surface area contributed by atoms with E-state index in [1.807, 2.05) is 24.3 Å². The number of nitroso groups, excluding NO2 is 1. The standard InChI is InChI=1S/C16H16ClNO2S.C10H16N4O7S/c1-20-16(19)15(12-4-2-3-5-13(12)17)18-8-6-14-11(10-18)7-9-21-14;11-5(10(19)20)1-2-7(15)13-6(4-22-14-21)9(18)12-3-8(16)17/h2-5,7,9,15H,6,8,10H2,1H3;5-6H,1-4,11H2,(H,12,18)(H,13,15)(H,16,17)(H,19,20)/t15-;5-,6-/m00/s1. The van der Waals surface area contributed by atoms with Crippen molar-refractivity contribution in [3.8, 4) is 0 Å². The van der Waals surface area contributed by atoms with E-state index in [9.17, 15) is 28.9 Å².